The molecule has 0 spiro atoms. The Morgan fingerprint density at radius 3 is 0.487 bits per heavy atom. The van der Waals surface area contributed by atoms with Crippen LogP contribution >= 0.6 is 0 Å². The normalized spacial score (nSPS) is 17.3. The van der Waals surface area contributed by atoms with Crippen LogP contribution in [0.15, 0.2) is 255 Å². The zero-order chi connectivity index (χ0) is 142. The third-order valence-electron chi connectivity index (χ3n) is 21.4. The molecule has 0 aliphatic rings. The summed E-state index contributed by atoms with van der Waals surface area (Å²) in [6.45, 7) is 11.3. The highest BCUT2D eigenvalue weighted by atomic mass is 16.5. The highest BCUT2D eigenvalue weighted by molar-refractivity contribution is 5.48. The smallest absolute Gasteiger partial charge is 0.160 e. The second-order valence-electron chi connectivity index (χ2n) is 33.6. The maximum atomic E-state index is 10.2. The molecule has 150 heavy (non-hydrogen) atoms. The van der Waals surface area contributed by atoms with Gasteiger partial charge in [-0.1, -0.05) is 148 Å². The Bertz CT molecular complexity index is 7280. The summed E-state index contributed by atoms with van der Waals surface area (Å²) >= 11 is 0. The standard InChI is InChI=1S/6C21H28O4/c6*1-16-7-6-10-19(13-16)25-15-18(22)9-5-4-8-17-11-12-20(23-2)21(14-17)24-3/h6*6-7,10-14,18,22H,4-5,8-9,15H2,1-3H3/i2D3,3D3,4D2,8D2;2*3D3,4D2,8D2;2D3,4D2,8D2;2*4D2,8D2. The highest BCUT2D eigenvalue weighted by Gasteiger charge is 2.18. The zero-order valence-corrected chi connectivity index (χ0v) is 87.0. The van der Waals surface area contributed by atoms with Gasteiger partial charge < -0.3 is 116 Å². The minimum absolute atomic E-state index is 0.0128. The van der Waals surface area contributed by atoms with Crippen LogP contribution < -0.4 is 85.3 Å². The molecular formula is C126H168O24. The van der Waals surface area contributed by atoms with E-state index in [-0.39, 0.29) is 185 Å². The number of ether oxygens (including phenoxy) is 18. The van der Waals surface area contributed by atoms with Crippen molar-refractivity contribution in [2.45, 2.75) is 232 Å². The molecule has 12 aromatic carbocycles. The lowest BCUT2D eigenvalue weighted by Crippen LogP contribution is -2.17. The maximum Gasteiger partial charge on any atom is 0.160 e. The quantitative estimate of drug-likeness (QED) is 0.0206. The van der Waals surface area contributed by atoms with Crippen molar-refractivity contribution in [1.82, 2.24) is 0 Å². The lowest BCUT2D eigenvalue weighted by atomic mass is 10.0. The molecule has 0 bridgehead atoms. The molecule has 0 saturated heterocycles. The van der Waals surface area contributed by atoms with Gasteiger partial charge in [0.25, 0.3) is 0 Å². The van der Waals surface area contributed by atoms with Crippen molar-refractivity contribution in [1.29, 1.82) is 0 Å². The van der Waals surface area contributed by atoms with Crippen molar-refractivity contribution < 1.29 is 169 Å². The van der Waals surface area contributed by atoms with Gasteiger partial charge in [0, 0.05) is 32.9 Å². The molecule has 816 valence electrons. The fraction of sp³-hybridized carbons (Fsp3) is 0.429. The van der Waals surface area contributed by atoms with E-state index in [0.29, 0.717) is 57.5 Å². The number of hydrogen-bond acceptors (Lipinski definition) is 24. The Hall–Kier alpha value is -13.2. The summed E-state index contributed by atoms with van der Waals surface area (Å²) in [7, 11) is -4.43. The van der Waals surface area contributed by atoms with Gasteiger partial charge in [-0.2, -0.15) is 0 Å². The molecule has 24 heteroatoms. The Morgan fingerprint density at radius 1 is 0.193 bits per heavy atom. The molecule has 12 rings (SSSR count). The molecule has 0 aromatic heterocycles. The second kappa shape index (κ2) is 72.3. The molecule has 12 aromatic rings. The predicted molar refractivity (Wildman–Crippen MR) is 599 cm³/mol. The highest BCUT2D eigenvalue weighted by Crippen LogP contribution is 2.36. The van der Waals surface area contributed by atoms with Gasteiger partial charge in [0.1, 0.15) is 74.1 Å². The summed E-state index contributed by atoms with van der Waals surface area (Å²) in [5.74, 6) is 3.72. The fourth-order valence-corrected chi connectivity index (χ4v) is 13.4. The van der Waals surface area contributed by atoms with E-state index in [1.165, 1.54) is 116 Å². The van der Waals surface area contributed by atoms with Crippen LogP contribution in [0.25, 0.3) is 0 Å². The van der Waals surface area contributed by atoms with E-state index in [1.54, 1.807) is 60.7 Å². The molecule has 0 aliphatic heterocycles. The number of aliphatic hydroxyl groups excluding tert-OH is 6. The van der Waals surface area contributed by atoms with Gasteiger partial charge in [0.2, 0.25) is 0 Å². The minimum Gasteiger partial charge on any atom is -0.493 e. The van der Waals surface area contributed by atoms with Gasteiger partial charge >= 0.3 is 0 Å². The first-order chi connectivity index (χ1) is 87.3. The Kier molecular flexibility index (Phi) is 36.8. The van der Waals surface area contributed by atoms with Gasteiger partial charge in [0.05, 0.1) is 142 Å². The molecule has 0 saturated carbocycles. The van der Waals surface area contributed by atoms with E-state index in [4.69, 9.17) is 139 Å². The van der Waals surface area contributed by atoms with Gasteiger partial charge in [-0.25, -0.2) is 0 Å². The van der Waals surface area contributed by atoms with Crippen molar-refractivity contribution in [2.24, 2.45) is 0 Å². The SMILES string of the molecule is [2H]C([2H])(CCC(O)COc1cccc(C)c1)C([2H])([2H])c1ccc(OC)c(OC)c1.[2H]C([2H])(CCC(O)COc1cccc(C)c1)C([2H])([2H])c1ccc(OC)c(OC)c1.[2H]C([2H])([2H])Oc1cc(C([2H])([2H])C([2H])([2H])CCC(O)COc2cccc(C)c2)ccc1OC.[2H]C([2H])([2H])Oc1cc(C([2H])([2H])C([2H])([2H])CCC(O)COc2cccc(C)c2)ccc1OC.[2H]C([2H])([2H])Oc1ccc(C([2H])([2H])C([2H])([2H])CCC(O)COc2cccc(C)c2)cc1OC.[2H]C([2H])([2H])Oc1ccc(C([2H])([2H])C([2H])([2H])CCC(O)COc2cccc(C)c2)cc1OC([2H])([2H])[2H]. The predicted octanol–water partition coefficient (Wildman–Crippen LogP) is 25.0. The van der Waals surface area contributed by atoms with Crippen molar-refractivity contribution in [3.8, 4) is 103 Å². The van der Waals surface area contributed by atoms with Gasteiger partial charge in [-0.3, -0.25) is 0 Å². The van der Waals surface area contributed by atoms with Crippen molar-refractivity contribution in [3.05, 3.63) is 322 Å². The minimum atomic E-state index is -2.99. The summed E-state index contributed by atoms with van der Waals surface area (Å²) < 4.78 is 402. The van der Waals surface area contributed by atoms with Crippen molar-refractivity contribution in [2.75, 3.05) is 125 Å². The van der Waals surface area contributed by atoms with Gasteiger partial charge in [-0.05, 0) is 369 Å². The molecule has 6 atom stereocenters. The monoisotopic (exact) mass is 2100 g/mol. The molecule has 6 N–H and O–H groups in total. The molecule has 0 heterocycles. The molecule has 24 nitrogen and oxygen atoms in total. The van der Waals surface area contributed by atoms with Crippen LogP contribution in [0.1, 0.15) is 236 Å². The van der Waals surface area contributed by atoms with Crippen molar-refractivity contribution in [3.63, 3.8) is 0 Å². The number of hydrogen-bond donors (Lipinski definition) is 6. The number of aliphatic hydroxyl groups is 6. The largest absolute Gasteiger partial charge is 0.493 e. The van der Waals surface area contributed by atoms with E-state index in [2.05, 4.69) is 0 Å². The van der Waals surface area contributed by atoms with Gasteiger partial charge in [-0.15, -0.1) is 0 Å². The zero-order valence-electron chi connectivity index (χ0n) is 126. The average Bonchev–Trinajstić information content (AvgIpc) is 0.775. The third kappa shape index (κ3) is 49.5. The molecular weight excluding hydrogens is 1900 g/mol. The van der Waals surface area contributed by atoms with E-state index >= 15 is 0 Å². The van der Waals surface area contributed by atoms with Crippen LogP contribution in [0.4, 0.5) is 0 Å². The van der Waals surface area contributed by atoms with Gasteiger partial charge in [0.15, 0.2) is 69.0 Å². The number of methoxy groups -OCH3 is 12. The van der Waals surface area contributed by atoms with Crippen LogP contribution in [0.2, 0.25) is 0 Å². The molecule has 0 radical (unpaired) electrons. The van der Waals surface area contributed by atoms with Crippen LogP contribution in [0.5, 0.6) is 103 Å². The summed E-state index contributed by atoms with van der Waals surface area (Å²) in [6, 6.07) is 67.2. The summed E-state index contributed by atoms with van der Waals surface area (Å²) in [5, 5.41) is 61.2. The van der Waals surface area contributed by atoms with Crippen molar-refractivity contribution >= 4 is 0 Å². The summed E-state index contributed by atoms with van der Waals surface area (Å²) in [6.07, 6.45) is -36.2. The molecule has 0 amide bonds. The number of rotatable bonds is 60. The van der Waals surface area contributed by atoms with E-state index < -0.39 is 160 Å². The average molecular weight is 2110 g/mol. The lowest BCUT2D eigenvalue weighted by Gasteiger charge is -2.13. The van der Waals surface area contributed by atoms with E-state index in [0.717, 1.165) is 63.7 Å². The third-order valence-corrected chi connectivity index (χ3v) is 21.4. The first-order valence-corrected chi connectivity index (χ1v) is 48.2. The van der Waals surface area contributed by atoms with Crippen LogP contribution in [0.3, 0.4) is 0 Å². The second-order valence-corrected chi connectivity index (χ2v) is 33.6. The first kappa shape index (κ1) is 76.3. The summed E-state index contributed by atoms with van der Waals surface area (Å²) in [4.78, 5) is 0. The van der Waals surface area contributed by atoms with Crippen LogP contribution in [-0.4, -0.2) is 192 Å². The van der Waals surface area contributed by atoms with E-state index in [9.17, 15) is 30.6 Å². The first-order valence-electron chi connectivity index (χ1n) is 67.7. The Labute approximate surface area is 947 Å². The Balaban J connectivity index is 0.000000302. The number of benzene rings is 12. The van der Waals surface area contributed by atoms with E-state index in [1.807, 2.05) is 139 Å². The Morgan fingerprint density at radius 2 is 0.340 bits per heavy atom. The summed E-state index contributed by atoms with van der Waals surface area (Å²) in [5.41, 5.74) is 5.81. The molecule has 0 aliphatic carbocycles. The lowest BCUT2D eigenvalue weighted by molar-refractivity contribution is 0.0976. The maximum absolute atomic E-state index is 10.2. The topological polar surface area (TPSA) is 288 Å². The number of aryl methyl sites for hydroxylation is 12. The fourth-order valence-electron chi connectivity index (χ4n) is 13.4. The van der Waals surface area contributed by atoms with Crippen LogP contribution in [-0.2, 0) is 38.2 Å². The molecule has 6 unspecified atom stereocenters. The molecule has 0 fully saturated rings. The van der Waals surface area contributed by atoms with Crippen LogP contribution in [0, 0.1) is 41.5 Å².